The van der Waals surface area contributed by atoms with Crippen molar-refractivity contribution in [2.24, 2.45) is 5.92 Å². The fourth-order valence-corrected chi connectivity index (χ4v) is 2.32. The summed E-state index contributed by atoms with van der Waals surface area (Å²) in [5.74, 6) is 1.92. The first-order valence-electron chi connectivity index (χ1n) is 6.67. The van der Waals surface area contributed by atoms with Gasteiger partial charge in [-0.3, -0.25) is 4.79 Å². The number of ether oxygens (including phenoxy) is 2. The number of carbonyl (C=O) groups is 1. The molecule has 104 valence electrons. The van der Waals surface area contributed by atoms with Gasteiger partial charge in [-0.1, -0.05) is 0 Å². The van der Waals surface area contributed by atoms with E-state index in [-0.39, 0.29) is 0 Å². The summed E-state index contributed by atoms with van der Waals surface area (Å²) in [5, 5.41) is 0. The summed E-state index contributed by atoms with van der Waals surface area (Å²) in [7, 11) is 3.76. The van der Waals surface area contributed by atoms with E-state index in [9.17, 15) is 4.79 Å². The quantitative estimate of drug-likeness (QED) is 0.764. The number of piperidine rings is 1. The molecule has 0 spiro atoms. The SMILES string of the molecule is COc1ccc(C=O)cc1OCC1CCN(C)CC1. The van der Waals surface area contributed by atoms with E-state index in [2.05, 4.69) is 11.9 Å². The van der Waals surface area contributed by atoms with Gasteiger partial charge in [-0.05, 0) is 57.1 Å². The second-order valence-corrected chi connectivity index (χ2v) is 5.09. The molecule has 1 saturated heterocycles. The third-order valence-electron chi connectivity index (χ3n) is 3.64. The molecule has 0 bridgehead atoms. The number of benzene rings is 1. The van der Waals surface area contributed by atoms with Gasteiger partial charge in [-0.25, -0.2) is 0 Å². The first-order chi connectivity index (χ1) is 9.22. The van der Waals surface area contributed by atoms with Crippen molar-refractivity contribution in [2.45, 2.75) is 12.8 Å². The minimum Gasteiger partial charge on any atom is -0.493 e. The average Bonchev–Trinajstić information content (AvgIpc) is 2.46. The zero-order valence-electron chi connectivity index (χ0n) is 11.6. The molecule has 1 aliphatic rings. The molecule has 0 aliphatic carbocycles. The van der Waals surface area contributed by atoms with Crippen LogP contribution in [0.25, 0.3) is 0 Å². The highest BCUT2D eigenvalue weighted by molar-refractivity contribution is 5.76. The normalized spacial score (nSPS) is 17.2. The smallest absolute Gasteiger partial charge is 0.161 e. The Morgan fingerprint density at radius 3 is 2.68 bits per heavy atom. The van der Waals surface area contributed by atoms with E-state index in [1.54, 1.807) is 25.3 Å². The molecule has 4 nitrogen and oxygen atoms in total. The highest BCUT2D eigenvalue weighted by Gasteiger charge is 2.18. The lowest BCUT2D eigenvalue weighted by Gasteiger charge is -2.28. The lowest BCUT2D eigenvalue weighted by Crippen LogP contribution is -2.32. The summed E-state index contributed by atoms with van der Waals surface area (Å²) in [6, 6.07) is 5.24. The number of carbonyl (C=O) groups excluding carboxylic acids is 1. The van der Waals surface area contributed by atoms with Gasteiger partial charge < -0.3 is 14.4 Å². The molecule has 1 fully saturated rings. The van der Waals surface area contributed by atoms with Crippen molar-refractivity contribution < 1.29 is 14.3 Å². The van der Waals surface area contributed by atoms with Gasteiger partial charge in [0.15, 0.2) is 11.5 Å². The molecule has 0 saturated carbocycles. The number of hydrogen-bond donors (Lipinski definition) is 0. The van der Waals surface area contributed by atoms with Crippen LogP contribution in [0.15, 0.2) is 18.2 Å². The molecule has 2 rings (SSSR count). The second kappa shape index (κ2) is 6.57. The van der Waals surface area contributed by atoms with E-state index < -0.39 is 0 Å². The number of aldehydes is 1. The molecular formula is C15H21NO3. The van der Waals surface area contributed by atoms with E-state index >= 15 is 0 Å². The van der Waals surface area contributed by atoms with Crippen molar-refractivity contribution in [1.29, 1.82) is 0 Å². The molecule has 4 heteroatoms. The van der Waals surface area contributed by atoms with Gasteiger partial charge in [0.25, 0.3) is 0 Å². The zero-order chi connectivity index (χ0) is 13.7. The van der Waals surface area contributed by atoms with Crippen molar-refractivity contribution >= 4 is 6.29 Å². The number of nitrogens with zero attached hydrogens (tertiary/aromatic N) is 1. The lowest BCUT2D eigenvalue weighted by atomic mass is 9.98. The Morgan fingerprint density at radius 2 is 2.05 bits per heavy atom. The van der Waals surface area contributed by atoms with Crippen LogP contribution in [0.4, 0.5) is 0 Å². The minimum absolute atomic E-state index is 0.584. The van der Waals surface area contributed by atoms with E-state index in [0.717, 1.165) is 32.2 Å². The van der Waals surface area contributed by atoms with Crippen molar-refractivity contribution in [1.82, 2.24) is 4.90 Å². The van der Waals surface area contributed by atoms with Crippen LogP contribution in [-0.4, -0.2) is 45.0 Å². The summed E-state index contributed by atoms with van der Waals surface area (Å²) in [6.07, 6.45) is 3.14. The molecule has 1 heterocycles. The van der Waals surface area contributed by atoms with E-state index in [0.29, 0.717) is 29.6 Å². The summed E-state index contributed by atoms with van der Waals surface area (Å²) in [6.45, 7) is 2.94. The molecule has 1 aliphatic heterocycles. The standard InChI is InChI=1S/C15H21NO3/c1-16-7-5-12(6-8-16)11-19-15-9-13(10-17)3-4-14(15)18-2/h3-4,9-10,12H,5-8,11H2,1-2H3. The van der Waals surface area contributed by atoms with Gasteiger partial charge in [0.2, 0.25) is 0 Å². The first kappa shape index (κ1) is 13.9. The molecule has 0 amide bonds. The van der Waals surface area contributed by atoms with Gasteiger partial charge in [0.05, 0.1) is 13.7 Å². The molecule has 0 N–H and O–H groups in total. The Hall–Kier alpha value is -1.55. The Bertz CT molecular complexity index is 425. The molecule has 0 unspecified atom stereocenters. The highest BCUT2D eigenvalue weighted by Crippen LogP contribution is 2.29. The number of methoxy groups -OCH3 is 1. The Labute approximate surface area is 114 Å². The molecule has 1 aromatic carbocycles. The third kappa shape index (κ3) is 3.70. The molecule has 0 atom stereocenters. The predicted octanol–water partition coefficient (Wildman–Crippen LogP) is 2.23. The van der Waals surface area contributed by atoms with Crippen LogP contribution in [0.3, 0.4) is 0 Å². The Kier molecular flexibility index (Phi) is 4.80. The number of hydrogen-bond acceptors (Lipinski definition) is 4. The summed E-state index contributed by atoms with van der Waals surface area (Å²) < 4.78 is 11.1. The predicted molar refractivity (Wildman–Crippen MR) is 74.1 cm³/mol. The van der Waals surface area contributed by atoms with Crippen LogP contribution in [0, 0.1) is 5.92 Å². The van der Waals surface area contributed by atoms with Crippen molar-refractivity contribution in [3.63, 3.8) is 0 Å². The van der Waals surface area contributed by atoms with Crippen molar-refractivity contribution in [3.05, 3.63) is 23.8 Å². The summed E-state index contributed by atoms with van der Waals surface area (Å²) in [4.78, 5) is 13.1. The van der Waals surface area contributed by atoms with Crippen molar-refractivity contribution in [2.75, 3.05) is 33.9 Å². The zero-order valence-corrected chi connectivity index (χ0v) is 11.6. The molecule has 19 heavy (non-hydrogen) atoms. The minimum atomic E-state index is 0.584. The number of rotatable bonds is 5. The number of likely N-dealkylation sites (tertiary alicyclic amines) is 1. The summed E-state index contributed by atoms with van der Waals surface area (Å²) in [5.41, 5.74) is 0.610. The van der Waals surface area contributed by atoms with E-state index in [1.807, 2.05) is 0 Å². The Balaban J connectivity index is 1.96. The van der Waals surface area contributed by atoms with Crippen molar-refractivity contribution in [3.8, 4) is 11.5 Å². The van der Waals surface area contributed by atoms with Crippen LogP contribution in [0.2, 0.25) is 0 Å². The average molecular weight is 263 g/mol. The summed E-state index contributed by atoms with van der Waals surface area (Å²) >= 11 is 0. The Morgan fingerprint density at radius 1 is 1.32 bits per heavy atom. The molecule has 0 aromatic heterocycles. The molecule has 1 aromatic rings. The second-order valence-electron chi connectivity index (χ2n) is 5.09. The highest BCUT2D eigenvalue weighted by atomic mass is 16.5. The molecule has 0 radical (unpaired) electrons. The van der Waals surface area contributed by atoms with Gasteiger partial charge in [-0.15, -0.1) is 0 Å². The topological polar surface area (TPSA) is 38.8 Å². The maximum Gasteiger partial charge on any atom is 0.161 e. The van der Waals surface area contributed by atoms with E-state index in [4.69, 9.17) is 9.47 Å². The monoisotopic (exact) mass is 263 g/mol. The van der Waals surface area contributed by atoms with Crippen LogP contribution >= 0.6 is 0 Å². The van der Waals surface area contributed by atoms with Crippen LogP contribution in [-0.2, 0) is 0 Å². The van der Waals surface area contributed by atoms with Crippen LogP contribution < -0.4 is 9.47 Å². The molecular weight excluding hydrogens is 242 g/mol. The fraction of sp³-hybridized carbons (Fsp3) is 0.533. The third-order valence-corrected chi connectivity index (χ3v) is 3.64. The van der Waals surface area contributed by atoms with Gasteiger partial charge >= 0.3 is 0 Å². The van der Waals surface area contributed by atoms with Gasteiger partial charge in [0, 0.05) is 5.56 Å². The fourth-order valence-electron chi connectivity index (χ4n) is 2.32. The maximum atomic E-state index is 10.8. The van der Waals surface area contributed by atoms with E-state index in [1.165, 1.54) is 0 Å². The van der Waals surface area contributed by atoms with Gasteiger partial charge in [-0.2, -0.15) is 0 Å². The van der Waals surface area contributed by atoms with Crippen LogP contribution in [0.5, 0.6) is 11.5 Å². The lowest BCUT2D eigenvalue weighted by molar-refractivity contribution is 0.112. The van der Waals surface area contributed by atoms with Crippen LogP contribution in [0.1, 0.15) is 23.2 Å². The van der Waals surface area contributed by atoms with Gasteiger partial charge in [0.1, 0.15) is 6.29 Å². The maximum absolute atomic E-state index is 10.8. The largest absolute Gasteiger partial charge is 0.493 e. The first-order valence-corrected chi connectivity index (χ1v) is 6.67.